The van der Waals surface area contributed by atoms with E-state index in [1.165, 1.54) is 55.9 Å². The van der Waals surface area contributed by atoms with E-state index < -0.39 is 0 Å². The maximum Gasteiger partial charge on any atom is 0.157 e. The van der Waals surface area contributed by atoms with E-state index in [0.717, 1.165) is 12.5 Å². The van der Waals surface area contributed by atoms with Gasteiger partial charge in [-0.2, -0.15) is 11.8 Å². The number of hydrogen-bond donors (Lipinski definition) is 1. The summed E-state index contributed by atoms with van der Waals surface area (Å²) in [5, 5.41) is 5.01. The van der Waals surface area contributed by atoms with E-state index in [-0.39, 0.29) is 0 Å². The molecule has 2 saturated carbocycles. The fourth-order valence-electron chi connectivity index (χ4n) is 3.39. The normalized spacial score (nSPS) is 39.3. The van der Waals surface area contributed by atoms with Crippen LogP contribution in [-0.4, -0.2) is 34.0 Å². The molecule has 3 fully saturated rings. The van der Waals surface area contributed by atoms with Gasteiger partial charge in [-0.15, -0.1) is 0 Å². The molecule has 0 amide bonds. The van der Waals surface area contributed by atoms with Gasteiger partial charge in [-0.1, -0.05) is 25.1 Å². The molecule has 0 bridgehead atoms. The molecule has 1 aliphatic heterocycles. The highest BCUT2D eigenvalue weighted by molar-refractivity contribution is 8.14. The first-order valence-electron chi connectivity index (χ1n) is 7.66. The summed E-state index contributed by atoms with van der Waals surface area (Å²) in [7, 11) is 0. The van der Waals surface area contributed by atoms with Gasteiger partial charge in [0.25, 0.3) is 0 Å². The lowest BCUT2D eigenvalue weighted by Crippen LogP contribution is -2.46. The molecule has 4 heteroatoms. The van der Waals surface area contributed by atoms with Crippen LogP contribution in [0.5, 0.6) is 0 Å². The monoisotopic (exact) mass is 298 g/mol. The summed E-state index contributed by atoms with van der Waals surface area (Å²) in [6.07, 6.45) is 11.8. The second-order valence-electron chi connectivity index (χ2n) is 6.74. The quantitative estimate of drug-likeness (QED) is 0.855. The van der Waals surface area contributed by atoms with Crippen molar-refractivity contribution >= 4 is 28.7 Å². The molecule has 108 valence electrons. The van der Waals surface area contributed by atoms with Crippen LogP contribution < -0.4 is 5.32 Å². The Bertz CT molecular complexity index is 350. The topological polar surface area (TPSA) is 24.4 Å². The van der Waals surface area contributed by atoms with Crippen molar-refractivity contribution < 1.29 is 0 Å². The molecule has 1 spiro atoms. The van der Waals surface area contributed by atoms with Gasteiger partial charge in [-0.3, -0.25) is 4.99 Å². The summed E-state index contributed by atoms with van der Waals surface area (Å²) < 4.78 is 0.478. The summed E-state index contributed by atoms with van der Waals surface area (Å²) in [6, 6.07) is 0. The molecule has 1 heterocycles. The number of thioether (sulfide) groups is 2. The molecule has 1 N–H and O–H groups in total. The minimum Gasteiger partial charge on any atom is -0.359 e. The van der Waals surface area contributed by atoms with Gasteiger partial charge in [0.15, 0.2) is 5.17 Å². The fraction of sp³-hybridized carbons (Fsp3) is 0.933. The summed E-state index contributed by atoms with van der Waals surface area (Å²) in [5.41, 5.74) is 0.391. The maximum absolute atomic E-state index is 4.90. The van der Waals surface area contributed by atoms with Gasteiger partial charge in [0.05, 0.1) is 6.54 Å². The number of amidine groups is 1. The highest BCUT2D eigenvalue weighted by Gasteiger charge is 2.40. The zero-order valence-electron chi connectivity index (χ0n) is 12.2. The third kappa shape index (κ3) is 2.94. The van der Waals surface area contributed by atoms with Crippen LogP contribution in [0.2, 0.25) is 0 Å². The molecule has 0 atom stereocenters. The molecule has 3 aliphatic rings. The third-order valence-electron chi connectivity index (χ3n) is 5.30. The van der Waals surface area contributed by atoms with Gasteiger partial charge < -0.3 is 5.32 Å². The zero-order valence-corrected chi connectivity index (χ0v) is 13.8. The van der Waals surface area contributed by atoms with E-state index in [0.29, 0.717) is 10.3 Å². The lowest BCUT2D eigenvalue weighted by Gasteiger charge is -2.39. The van der Waals surface area contributed by atoms with Crippen LogP contribution in [-0.2, 0) is 0 Å². The molecular weight excluding hydrogens is 272 g/mol. The van der Waals surface area contributed by atoms with Crippen molar-refractivity contribution in [3.63, 3.8) is 0 Å². The first-order chi connectivity index (χ1) is 9.15. The zero-order chi connectivity index (χ0) is 13.3. The Morgan fingerprint density at radius 3 is 2.63 bits per heavy atom. The van der Waals surface area contributed by atoms with Gasteiger partial charge in [-0.05, 0) is 50.7 Å². The van der Waals surface area contributed by atoms with Gasteiger partial charge in [0.1, 0.15) is 0 Å². The number of nitrogens with one attached hydrogen (secondary N) is 1. The number of hydrogen-bond acceptors (Lipinski definition) is 3. The largest absolute Gasteiger partial charge is 0.359 e. The van der Waals surface area contributed by atoms with Gasteiger partial charge in [-0.25, -0.2) is 0 Å². The van der Waals surface area contributed by atoms with Crippen LogP contribution in [0.15, 0.2) is 4.99 Å². The Morgan fingerprint density at radius 1 is 1.32 bits per heavy atom. The van der Waals surface area contributed by atoms with Crippen molar-refractivity contribution in [1.82, 2.24) is 5.32 Å². The van der Waals surface area contributed by atoms with Crippen LogP contribution in [0.4, 0.5) is 0 Å². The Kier molecular flexibility index (Phi) is 4.10. The first-order valence-corrected chi connectivity index (χ1v) is 9.87. The average Bonchev–Trinajstić information content (AvgIpc) is 2.77. The van der Waals surface area contributed by atoms with E-state index in [1.54, 1.807) is 0 Å². The van der Waals surface area contributed by atoms with E-state index >= 15 is 0 Å². The minimum atomic E-state index is 0.391. The number of rotatable bonds is 3. The summed E-state index contributed by atoms with van der Waals surface area (Å²) in [6.45, 7) is 3.42. The van der Waals surface area contributed by atoms with Crippen LogP contribution in [0.3, 0.4) is 0 Å². The highest BCUT2D eigenvalue weighted by atomic mass is 32.2. The second kappa shape index (κ2) is 5.51. The van der Waals surface area contributed by atoms with Crippen molar-refractivity contribution in [2.45, 2.75) is 62.2 Å². The Hall–Kier alpha value is 0.170. The van der Waals surface area contributed by atoms with Crippen LogP contribution in [0, 0.1) is 5.92 Å². The summed E-state index contributed by atoms with van der Waals surface area (Å²) in [4.78, 5) is 4.90. The standard InChI is InChI=1S/C15H26N2S2/c1-12-4-8-14(9-5-12)11-19-13(17-14)16-10-15(18-2)6-3-7-15/h12H,3-11H2,1-2H3,(H,16,17). The predicted octanol–water partition coefficient (Wildman–Crippen LogP) is 3.91. The lowest BCUT2D eigenvalue weighted by atomic mass is 9.78. The molecular formula is C15H26N2S2. The molecule has 0 aromatic heterocycles. The number of nitrogens with zero attached hydrogens (tertiary/aromatic N) is 1. The molecule has 0 aromatic rings. The highest BCUT2D eigenvalue weighted by Crippen LogP contribution is 2.43. The van der Waals surface area contributed by atoms with Crippen LogP contribution in [0.1, 0.15) is 51.9 Å². The van der Waals surface area contributed by atoms with Crippen LogP contribution >= 0.6 is 23.5 Å². The molecule has 0 aromatic carbocycles. The predicted molar refractivity (Wildman–Crippen MR) is 88.4 cm³/mol. The van der Waals surface area contributed by atoms with Crippen molar-refractivity contribution in [3.8, 4) is 0 Å². The Labute approximate surface area is 126 Å². The molecule has 3 rings (SSSR count). The Balaban J connectivity index is 1.56. The number of aliphatic imine (C=N–C) groups is 1. The molecule has 2 nitrogen and oxygen atoms in total. The molecule has 1 saturated heterocycles. The van der Waals surface area contributed by atoms with Gasteiger partial charge in [0.2, 0.25) is 0 Å². The maximum atomic E-state index is 4.90. The van der Waals surface area contributed by atoms with E-state index in [1.807, 2.05) is 23.5 Å². The van der Waals surface area contributed by atoms with Crippen LogP contribution in [0.25, 0.3) is 0 Å². The van der Waals surface area contributed by atoms with Gasteiger partial charge in [0, 0.05) is 16.0 Å². The van der Waals surface area contributed by atoms with E-state index in [4.69, 9.17) is 4.99 Å². The third-order valence-corrected chi connectivity index (χ3v) is 7.90. The van der Waals surface area contributed by atoms with E-state index in [2.05, 4.69) is 18.5 Å². The summed E-state index contributed by atoms with van der Waals surface area (Å²) >= 11 is 3.99. The van der Waals surface area contributed by atoms with Crippen molar-refractivity contribution in [2.24, 2.45) is 10.9 Å². The average molecular weight is 299 g/mol. The molecule has 0 unspecified atom stereocenters. The lowest BCUT2D eigenvalue weighted by molar-refractivity contribution is 0.250. The van der Waals surface area contributed by atoms with Crippen molar-refractivity contribution in [3.05, 3.63) is 0 Å². The smallest absolute Gasteiger partial charge is 0.157 e. The van der Waals surface area contributed by atoms with E-state index in [9.17, 15) is 0 Å². The molecule has 19 heavy (non-hydrogen) atoms. The van der Waals surface area contributed by atoms with Gasteiger partial charge >= 0.3 is 0 Å². The van der Waals surface area contributed by atoms with Crippen molar-refractivity contribution in [1.29, 1.82) is 0 Å². The molecule has 0 radical (unpaired) electrons. The molecule has 2 aliphatic carbocycles. The second-order valence-corrected chi connectivity index (χ2v) is 8.98. The van der Waals surface area contributed by atoms with Crippen molar-refractivity contribution in [2.75, 3.05) is 18.6 Å². The summed E-state index contributed by atoms with van der Waals surface area (Å²) in [5.74, 6) is 2.17. The SMILES string of the molecule is CSC1(CN=C2NC3(CCC(C)CC3)CS2)CCC1. The first kappa shape index (κ1) is 14.1. The minimum absolute atomic E-state index is 0.391. The Morgan fingerprint density at radius 2 is 2.05 bits per heavy atom. The fourth-order valence-corrected chi connectivity index (χ4v) is 5.50.